The van der Waals surface area contributed by atoms with Crippen molar-refractivity contribution in [1.82, 2.24) is 19.8 Å². The van der Waals surface area contributed by atoms with Crippen LogP contribution in [0, 0.1) is 0 Å². The van der Waals surface area contributed by atoms with E-state index in [9.17, 15) is 4.79 Å². The molecule has 0 bridgehead atoms. The summed E-state index contributed by atoms with van der Waals surface area (Å²) >= 11 is 6.17. The lowest BCUT2D eigenvalue weighted by Crippen LogP contribution is -2.33. The van der Waals surface area contributed by atoms with Gasteiger partial charge in [0.1, 0.15) is 5.82 Å². The third-order valence-corrected chi connectivity index (χ3v) is 5.26. The molecule has 0 aliphatic carbocycles. The minimum absolute atomic E-state index is 0.00282. The van der Waals surface area contributed by atoms with Crippen molar-refractivity contribution >= 4 is 22.5 Å². The molecule has 29 heavy (non-hydrogen) atoms. The van der Waals surface area contributed by atoms with Crippen LogP contribution < -0.4 is 10.9 Å². The normalized spacial score (nSPS) is 12.6. The van der Waals surface area contributed by atoms with Crippen molar-refractivity contribution in [2.24, 2.45) is 0 Å². The Morgan fingerprint density at radius 2 is 1.93 bits per heavy atom. The van der Waals surface area contributed by atoms with Gasteiger partial charge in [0.05, 0.1) is 23.5 Å². The molecule has 1 heterocycles. The first-order valence-corrected chi connectivity index (χ1v) is 10.5. The quantitative estimate of drug-likeness (QED) is 0.538. The van der Waals surface area contributed by atoms with E-state index in [0.29, 0.717) is 22.5 Å². The molecule has 1 unspecified atom stereocenters. The highest BCUT2D eigenvalue weighted by atomic mass is 35.5. The van der Waals surface area contributed by atoms with Gasteiger partial charge in [0.25, 0.3) is 5.56 Å². The molecule has 154 valence electrons. The summed E-state index contributed by atoms with van der Waals surface area (Å²) in [6.07, 6.45) is 1.88. The fourth-order valence-electron chi connectivity index (χ4n) is 3.49. The lowest BCUT2D eigenvalue weighted by molar-refractivity contribution is 0.380. The summed E-state index contributed by atoms with van der Waals surface area (Å²) in [5, 5.41) is 4.77. The van der Waals surface area contributed by atoms with Crippen LogP contribution in [0.3, 0.4) is 0 Å². The summed E-state index contributed by atoms with van der Waals surface area (Å²) in [6, 6.07) is 15.3. The lowest BCUT2D eigenvalue weighted by atomic mass is 10.1. The zero-order valence-electron chi connectivity index (χ0n) is 17.4. The number of fused-ring (bicyclic) bond motifs is 1. The van der Waals surface area contributed by atoms with E-state index in [0.717, 1.165) is 37.3 Å². The Morgan fingerprint density at radius 3 is 2.62 bits per heavy atom. The topological polar surface area (TPSA) is 50.2 Å². The van der Waals surface area contributed by atoms with E-state index in [1.165, 1.54) is 0 Å². The number of hydrogen-bond acceptors (Lipinski definition) is 4. The van der Waals surface area contributed by atoms with Crippen LogP contribution in [0.15, 0.2) is 53.3 Å². The predicted molar refractivity (Wildman–Crippen MR) is 121 cm³/mol. The maximum Gasteiger partial charge on any atom is 0.261 e. The Balaban J connectivity index is 2.01. The van der Waals surface area contributed by atoms with Crippen molar-refractivity contribution in [1.29, 1.82) is 0 Å². The van der Waals surface area contributed by atoms with Crippen LogP contribution in [-0.2, 0) is 6.54 Å². The highest BCUT2D eigenvalue weighted by molar-refractivity contribution is 6.31. The number of nitrogens with one attached hydrogen (secondary N) is 1. The molecule has 0 aliphatic heterocycles. The van der Waals surface area contributed by atoms with Gasteiger partial charge in [0.2, 0.25) is 0 Å². The fraction of sp³-hybridized carbons (Fsp3) is 0.391. The second-order valence-corrected chi connectivity index (χ2v) is 8.02. The van der Waals surface area contributed by atoms with Gasteiger partial charge in [0.15, 0.2) is 0 Å². The number of nitrogens with zero attached hydrogens (tertiary/aromatic N) is 3. The summed E-state index contributed by atoms with van der Waals surface area (Å²) in [4.78, 5) is 20.4. The minimum atomic E-state index is -0.0286. The van der Waals surface area contributed by atoms with Crippen molar-refractivity contribution in [2.75, 3.05) is 27.2 Å². The summed E-state index contributed by atoms with van der Waals surface area (Å²) in [5.74, 6) is 0.765. The van der Waals surface area contributed by atoms with E-state index >= 15 is 0 Å². The number of benzene rings is 2. The largest absolute Gasteiger partial charge is 0.309 e. The van der Waals surface area contributed by atoms with E-state index < -0.39 is 0 Å². The predicted octanol–water partition coefficient (Wildman–Crippen LogP) is 4.09. The average molecular weight is 413 g/mol. The van der Waals surface area contributed by atoms with Gasteiger partial charge in [-0.1, -0.05) is 48.9 Å². The van der Waals surface area contributed by atoms with Crippen molar-refractivity contribution in [3.63, 3.8) is 0 Å². The van der Waals surface area contributed by atoms with E-state index in [1.807, 2.05) is 30.3 Å². The second kappa shape index (κ2) is 10.0. The maximum absolute atomic E-state index is 13.4. The van der Waals surface area contributed by atoms with Crippen molar-refractivity contribution < 1.29 is 0 Å². The molecular weight excluding hydrogens is 384 g/mol. The van der Waals surface area contributed by atoms with Gasteiger partial charge in [-0.15, -0.1) is 0 Å². The Bertz CT molecular complexity index is 1000. The molecule has 3 aromatic rings. The molecule has 1 atom stereocenters. The van der Waals surface area contributed by atoms with Gasteiger partial charge in [0, 0.05) is 5.02 Å². The first-order chi connectivity index (χ1) is 14.0. The number of hydrogen-bond donors (Lipinski definition) is 1. The zero-order chi connectivity index (χ0) is 20.8. The van der Waals surface area contributed by atoms with E-state index in [1.54, 1.807) is 22.8 Å². The molecular formula is C23H29ClN4O. The van der Waals surface area contributed by atoms with Gasteiger partial charge in [-0.25, -0.2) is 4.98 Å². The van der Waals surface area contributed by atoms with Crippen molar-refractivity contribution in [2.45, 2.75) is 32.4 Å². The van der Waals surface area contributed by atoms with Gasteiger partial charge in [-0.2, -0.15) is 0 Å². The fourth-order valence-corrected chi connectivity index (χ4v) is 3.65. The number of halogens is 1. The highest BCUT2D eigenvalue weighted by Crippen LogP contribution is 2.20. The summed E-state index contributed by atoms with van der Waals surface area (Å²) in [5.41, 5.74) is 1.70. The Kier molecular flexibility index (Phi) is 7.42. The lowest BCUT2D eigenvalue weighted by Gasteiger charge is -2.22. The second-order valence-electron chi connectivity index (χ2n) is 7.58. The molecule has 0 aliphatic rings. The van der Waals surface area contributed by atoms with Gasteiger partial charge in [-0.3, -0.25) is 9.36 Å². The molecule has 0 radical (unpaired) electrons. The zero-order valence-corrected chi connectivity index (χ0v) is 18.1. The molecule has 0 spiro atoms. The van der Waals surface area contributed by atoms with E-state index in [-0.39, 0.29) is 11.6 Å². The van der Waals surface area contributed by atoms with Crippen LogP contribution in [0.25, 0.3) is 10.9 Å². The number of rotatable bonds is 9. The molecule has 3 rings (SSSR count). The van der Waals surface area contributed by atoms with E-state index in [4.69, 9.17) is 16.6 Å². The third-order valence-electron chi connectivity index (χ3n) is 5.02. The van der Waals surface area contributed by atoms with E-state index in [2.05, 4.69) is 31.2 Å². The molecule has 1 N–H and O–H groups in total. The smallest absolute Gasteiger partial charge is 0.261 e. The SMILES string of the molecule is CCC(NCCCN(C)C)c1nc2cc(Cl)ccc2c(=O)n1Cc1ccccc1. The Morgan fingerprint density at radius 1 is 1.17 bits per heavy atom. The standard InChI is InChI=1S/C23H29ClN4O/c1-4-20(25-13-8-14-27(2)3)22-26-21-15-18(24)11-12-19(21)23(29)28(22)16-17-9-6-5-7-10-17/h5-7,9-12,15,20,25H,4,8,13-14,16H2,1-3H3. The molecule has 0 amide bonds. The molecule has 0 fully saturated rings. The number of aromatic nitrogens is 2. The van der Waals surface area contributed by atoms with Crippen molar-refractivity contribution in [3.8, 4) is 0 Å². The van der Waals surface area contributed by atoms with Crippen LogP contribution in [0.2, 0.25) is 5.02 Å². The summed E-state index contributed by atoms with van der Waals surface area (Å²) < 4.78 is 1.80. The minimum Gasteiger partial charge on any atom is -0.309 e. The highest BCUT2D eigenvalue weighted by Gasteiger charge is 2.19. The van der Waals surface area contributed by atoms with Crippen LogP contribution in [-0.4, -0.2) is 41.6 Å². The molecule has 2 aromatic carbocycles. The summed E-state index contributed by atoms with van der Waals surface area (Å²) in [6.45, 7) is 4.49. The third kappa shape index (κ3) is 5.44. The molecule has 0 saturated carbocycles. The van der Waals surface area contributed by atoms with Gasteiger partial charge in [-0.05, 0) is 63.8 Å². The van der Waals surface area contributed by atoms with Crippen LogP contribution in [0.1, 0.15) is 37.2 Å². The Hall–Kier alpha value is -2.21. The first-order valence-electron chi connectivity index (χ1n) is 10.1. The van der Waals surface area contributed by atoms with Gasteiger partial charge >= 0.3 is 0 Å². The monoisotopic (exact) mass is 412 g/mol. The molecule has 0 saturated heterocycles. The molecule has 5 nitrogen and oxygen atoms in total. The van der Waals surface area contributed by atoms with Gasteiger partial charge < -0.3 is 10.2 Å². The van der Waals surface area contributed by atoms with Crippen LogP contribution >= 0.6 is 11.6 Å². The summed E-state index contributed by atoms with van der Waals surface area (Å²) in [7, 11) is 4.15. The maximum atomic E-state index is 13.4. The first kappa shape index (κ1) is 21.5. The molecule has 6 heteroatoms. The van der Waals surface area contributed by atoms with Crippen LogP contribution in [0.4, 0.5) is 0 Å². The van der Waals surface area contributed by atoms with Crippen LogP contribution in [0.5, 0.6) is 0 Å². The Labute approximate surface area is 177 Å². The van der Waals surface area contributed by atoms with Crippen molar-refractivity contribution in [3.05, 3.63) is 75.3 Å². The molecule has 1 aromatic heterocycles. The average Bonchev–Trinajstić information content (AvgIpc) is 2.71.